The first kappa shape index (κ1) is 24.3. The Hall–Kier alpha value is -3.00. The summed E-state index contributed by atoms with van der Waals surface area (Å²) in [6, 6.07) is 7.75. The number of fused-ring (bicyclic) bond motifs is 1. The van der Waals surface area contributed by atoms with Gasteiger partial charge in [-0.1, -0.05) is 12.1 Å². The molecule has 6 rings (SSSR count). The molecular formula is C29H33N3O4S. The van der Waals surface area contributed by atoms with Crippen molar-refractivity contribution in [2.24, 2.45) is 17.8 Å². The predicted molar refractivity (Wildman–Crippen MR) is 142 cm³/mol. The number of hydrogen-bond donors (Lipinski definition) is 3. The van der Waals surface area contributed by atoms with E-state index >= 15 is 0 Å². The van der Waals surface area contributed by atoms with E-state index in [2.05, 4.69) is 16.0 Å². The van der Waals surface area contributed by atoms with Gasteiger partial charge in [-0.15, -0.1) is 11.3 Å². The van der Waals surface area contributed by atoms with Crippen LogP contribution in [0.3, 0.4) is 0 Å². The van der Waals surface area contributed by atoms with Crippen molar-refractivity contribution in [1.82, 2.24) is 10.6 Å². The summed E-state index contributed by atoms with van der Waals surface area (Å²) in [7, 11) is 0. The highest BCUT2D eigenvalue weighted by Gasteiger charge is 2.35. The number of anilines is 1. The number of carbonyl (C=O) groups is 4. The summed E-state index contributed by atoms with van der Waals surface area (Å²) < 4.78 is 0. The SMILES string of the molecule is O=C1CC(c2cccc(NC(=O)C3CCc4sc(CC(=O)C5CC5)c(C(=O)NCC5CC5)c4C3)c2)CN1. The van der Waals surface area contributed by atoms with Crippen LogP contribution in [0.15, 0.2) is 24.3 Å². The van der Waals surface area contributed by atoms with E-state index in [1.165, 1.54) is 0 Å². The fourth-order valence-corrected chi connectivity index (χ4v) is 6.92. The molecule has 1 aliphatic heterocycles. The minimum atomic E-state index is -0.234. The molecule has 3 aliphatic carbocycles. The second-order valence-electron chi connectivity index (χ2n) is 11.1. The van der Waals surface area contributed by atoms with Crippen molar-refractivity contribution in [3.63, 3.8) is 0 Å². The lowest BCUT2D eigenvalue weighted by atomic mass is 9.85. The smallest absolute Gasteiger partial charge is 0.252 e. The van der Waals surface area contributed by atoms with Gasteiger partial charge in [-0.05, 0) is 74.1 Å². The Morgan fingerprint density at radius 2 is 1.86 bits per heavy atom. The summed E-state index contributed by atoms with van der Waals surface area (Å²) in [5.74, 6) is 0.789. The number of thiophene rings is 1. The summed E-state index contributed by atoms with van der Waals surface area (Å²) in [5, 5.41) is 9.05. The molecule has 194 valence electrons. The first-order valence-corrected chi connectivity index (χ1v) is 14.4. The maximum absolute atomic E-state index is 13.3. The maximum Gasteiger partial charge on any atom is 0.252 e. The zero-order chi connectivity index (χ0) is 25.5. The van der Waals surface area contributed by atoms with Gasteiger partial charge in [-0.2, -0.15) is 0 Å². The van der Waals surface area contributed by atoms with E-state index in [4.69, 9.17) is 0 Å². The predicted octanol–water partition coefficient (Wildman–Crippen LogP) is 3.76. The van der Waals surface area contributed by atoms with Crippen molar-refractivity contribution in [2.45, 2.75) is 63.7 Å². The minimum absolute atomic E-state index is 0.0467. The van der Waals surface area contributed by atoms with E-state index in [1.54, 1.807) is 11.3 Å². The molecule has 1 aromatic heterocycles. The molecule has 3 N–H and O–H groups in total. The molecule has 2 saturated carbocycles. The van der Waals surface area contributed by atoms with Crippen molar-refractivity contribution in [3.05, 3.63) is 50.7 Å². The minimum Gasteiger partial charge on any atom is -0.355 e. The number of ketones is 1. The van der Waals surface area contributed by atoms with Crippen LogP contribution in [0.4, 0.5) is 5.69 Å². The van der Waals surface area contributed by atoms with E-state index < -0.39 is 0 Å². The van der Waals surface area contributed by atoms with Crippen molar-refractivity contribution >= 4 is 40.5 Å². The Labute approximate surface area is 220 Å². The number of aryl methyl sites for hydroxylation is 1. The molecule has 2 unspecified atom stereocenters. The van der Waals surface area contributed by atoms with E-state index in [9.17, 15) is 19.2 Å². The summed E-state index contributed by atoms with van der Waals surface area (Å²) in [5.41, 5.74) is 3.40. The molecule has 37 heavy (non-hydrogen) atoms. The molecule has 4 aliphatic rings. The Balaban J connectivity index is 1.18. The third kappa shape index (κ3) is 5.49. The molecule has 2 heterocycles. The third-order valence-corrected chi connectivity index (χ3v) is 9.44. The van der Waals surface area contributed by atoms with Gasteiger partial charge in [0.1, 0.15) is 5.78 Å². The second kappa shape index (κ2) is 10.0. The van der Waals surface area contributed by atoms with Gasteiger partial charge in [0, 0.05) is 59.1 Å². The fraction of sp³-hybridized carbons (Fsp3) is 0.517. The number of carbonyl (C=O) groups excluding carboxylic acids is 4. The van der Waals surface area contributed by atoms with Crippen LogP contribution in [0.5, 0.6) is 0 Å². The van der Waals surface area contributed by atoms with Gasteiger partial charge in [0.25, 0.3) is 5.91 Å². The molecule has 0 spiro atoms. The average molecular weight is 520 g/mol. The van der Waals surface area contributed by atoms with Gasteiger partial charge in [-0.25, -0.2) is 0 Å². The van der Waals surface area contributed by atoms with Crippen LogP contribution in [0.1, 0.15) is 75.7 Å². The first-order chi connectivity index (χ1) is 17.9. The number of nitrogens with one attached hydrogen (secondary N) is 3. The number of hydrogen-bond acceptors (Lipinski definition) is 5. The molecule has 7 nitrogen and oxygen atoms in total. The maximum atomic E-state index is 13.3. The van der Waals surface area contributed by atoms with Gasteiger partial charge in [-0.3, -0.25) is 19.2 Å². The molecule has 1 aromatic carbocycles. The average Bonchev–Trinajstić information content (AvgIpc) is 3.82. The highest BCUT2D eigenvalue weighted by molar-refractivity contribution is 7.12. The lowest BCUT2D eigenvalue weighted by Crippen LogP contribution is -2.31. The van der Waals surface area contributed by atoms with E-state index in [1.807, 2.05) is 24.3 Å². The quantitative estimate of drug-likeness (QED) is 0.469. The Bertz CT molecular complexity index is 1260. The summed E-state index contributed by atoms with van der Waals surface area (Å²) in [4.78, 5) is 52.9. The number of amides is 3. The van der Waals surface area contributed by atoms with Crippen LogP contribution in [-0.2, 0) is 33.6 Å². The summed E-state index contributed by atoms with van der Waals surface area (Å²) >= 11 is 1.60. The molecule has 2 atom stereocenters. The van der Waals surface area contributed by atoms with Gasteiger partial charge in [0.2, 0.25) is 11.8 Å². The molecule has 1 saturated heterocycles. The molecule has 2 aromatic rings. The van der Waals surface area contributed by atoms with Crippen molar-refractivity contribution < 1.29 is 19.2 Å². The largest absolute Gasteiger partial charge is 0.355 e. The number of benzene rings is 1. The van der Waals surface area contributed by atoms with E-state index in [-0.39, 0.29) is 41.3 Å². The van der Waals surface area contributed by atoms with Gasteiger partial charge in [0.05, 0.1) is 5.56 Å². The topological polar surface area (TPSA) is 104 Å². The third-order valence-electron chi connectivity index (χ3n) is 8.15. The van der Waals surface area contributed by atoms with Crippen LogP contribution < -0.4 is 16.0 Å². The van der Waals surface area contributed by atoms with Crippen molar-refractivity contribution in [3.8, 4) is 0 Å². The first-order valence-electron chi connectivity index (χ1n) is 13.6. The van der Waals surface area contributed by atoms with Gasteiger partial charge in [0.15, 0.2) is 0 Å². The normalized spacial score (nSPS) is 22.8. The Morgan fingerprint density at radius 1 is 1.03 bits per heavy atom. The lowest BCUT2D eigenvalue weighted by Gasteiger charge is -2.23. The Morgan fingerprint density at radius 3 is 2.59 bits per heavy atom. The van der Waals surface area contributed by atoms with Crippen LogP contribution in [0.2, 0.25) is 0 Å². The highest BCUT2D eigenvalue weighted by Crippen LogP contribution is 2.39. The number of rotatable bonds is 9. The fourth-order valence-electron chi connectivity index (χ4n) is 5.56. The van der Waals surface area contributed by atoms with Crippen LogP contribution in [0, 0.1) is 17.8 Å². The second-order valence-corrected chi connectivity index (χ2v) is 12.3. The molecule has 0 radical (unpaired) electrons. The van der Waals surface area contributed by atoms with E-state index in [0.29, 0.717) is 43.8 Å². The monoisotopic (exact) mass is 519 g/mol. The molecule has 0 bridgehead atoms. The highest BCUT2D eigenvalue weighted by atomic mass is 32.1. The zero-order valence-electron chi connectivity index (χ0n) is 20.9. The lowest BCUT2D eigenvalue weighted by molar-refractivity contribution is -0.120. The van der Waals surface area contributed by atoms with Crippen LogP contribution >= 0.6 is 11.3 Å². The van der Waals surface area contributed by atoms with Crippen LogP contribution in [0.25, 0.3) is 0 Å². The number of Topliss-reactive ketones (excluding diaryl/α,β-unsaturated/α-hetero) is 1. The van der Waals surface area contributed by atoms with Crippen LogP contribution in [-0.4, -0.2) is 36.6 Å². The Kier molecular flexibility index (Phi) is 6.61. The van der Waals surface area contributed by atoms with Crippen molar-refractivity contribution in [2.75, 3.05) is 18.4 Å². The zero-order valence-corrected chi connectivity index (χ0v) is 21.8. The molecule has 3 amide bonds. The van der Waals surface area contributed by atoms with Crippen molar-refractivity contribution in [1.29, 1.82) is 0 Å². The van der Waals surface area contributed by atoms with Gasteiger partial charge >= 0.3 is 0 Å². The molecule has 8 heteroatoms. The summed E-state index contributed by atoms with van der Waals surface area (Å²) in [6.07, 6.45) is 7.02. The standard InChI is InChI=1S/C29H33N3O4S/c33-23(17-6-7-17)13-25-27(29(36)31-14-16-4-5-16)22-11-19(8-9-24(22)37-25)28(35)32-21-3-1-2-18(10-21)20-12-26(34)30-15-20/h1-3,10,16-17,19-20H,4-9,11-15H2,(H,30,34)(H,31,36)(H,32,35). The summed E-state index contributed by atoms with van der Waals surface area (Å²) in [6.45, 7) is 1.30. The molecule has 3 fully saturated rings. The van der Waals surface area contributed by atoms with E-state index in [0.717, 1.165) is 65.1 Å². The molecular weight excluding hydrogens is 486 g/mol. The van der Waals surface area contributed by atoms with Gasteiger partial charge < -0.3 is 16.0 Å².